The number of nitrogens with one attached hydrogen (secondary N) is 2. The minimum absolute atomic E-state index is 0.0865. The number of carbonyl (C=O) groups is 3. The first-order valence-corrected chi connectivity index (χ1v) is 11.7. The number of methoxy groups -OCH3 is 1. The average molecular weight is 462 g/mol. The molecule has 1 aliphatic heterocycles. The molecule has 2 heterocycles. The Morgan fingerprint density at radius 1 is 1.12 bits per heavy atom. The van der Waals surface area contributed by atoms with Crippen molar-refractivity contribution < 1.29 is 19.1 Å². The highest BCUT2D eigenvalue weighted by atomic mass is 16.5. The molecule has 7 heteroatoms. The molecule has 1 aliphatic rings. The van der Waals surface area contributed by atoms with Crippen LogP contribution in [0.25, 0.3) is 10.9 Å². The number of aromatic nitrogens is 1. The molecule has 0 aliphatic carbocycles. The highest BCUT2D eigenvalue weighted by Gasteiger charge is 2.39. The minimum atomic E-state index is -0.698. The van der Waals surface area contributed by atoms with Crippen molar-refractivity contribution in [2.24, 2.45) is 5.92 Å². The molecule has 2 N–H and O–H groups in total. The highest BCUT2D eigenvalue weighted by molar-refractivity contribution is 6.01. The van der Waals surface area contributed by atoms with Crippen molar-refractivity contribution in [2.75, 3.05) is 13.7 Å². The van der Waals surface area contributed by atoms with E-state index in [0.717, 1.165) is 27.7 Å². The number of nitrogens with zero attached hydrogens (tertiary/aromatic N) is 1. The van der Waals surface area contributed by atoms with Crippen molar-refractivity contribution >= 4 is 28.7 Å². The molecule has 0 fully saturated rings. The lowest BCUT2D eigenvalue weighted by molar-refractivity contribution is -0.145. The van der Waals surface area contributed by atoms with Crippen molar-refractivity contribution in [3.63, 3.8) is 0 Å². The molecule has 2 amide bonds. The van der Waals surface area contributed by atoms with Crippen molar-refractivity contribution in [1.82, 2.24) is 15.2 Å². The van der Waals surface area contributed by atoms with Crippen molar-refractivity contribution in [3.8, 4) is 0 Å². The van der Waals surface area contributed by atoms with Crippen LogP contribution < -0.4 is 5.32 Å². The van der Waals surface area contributed by atoms with Crippen molar-refractivity contribution in [2.45, 2.75) is 45.7 Å². The summed E-state index contributed by atoms with van der Waals surface area (Å²) in [6.45, 7) is 6.21. The molecule has 34 heavy (non-hydrogen) atoms. The highest BCUT2D eigenvalue weighted by Crippen LogP contribution is 2.42. The quantitative estimate of drug-likeness (QED) is 0.494. The van der Waals surface area contributed by atoms with Gasteiger partial charge in [-0.25, -0.2) is 4.79 Å². The summed E-state index contributed by atoms with van der Waals surface area (Å²) in [6.07, 6.45) is 0.576. The fourth-order valence-corrected chi connectivity index (χ4v) is 4.88. The van der Waals surface area contributed by atoms with Gasteiger partial charge in [0.25, 0.3) is 5.91 Å². The summed E-state index contributed by atoms with van der Waals surface area (Å²) in [6, 6.07) is 14.7. The third-order valence-electron chi connectivity index (χ3n) is 6.38. The summed E-state index contributed by atoms with van der Waals surface area (Å²) in [4.78, 5) is 43.5. The number of benzene rings is 2. The van der Waals surface area contributed by atoms with Crippen LogP contribution in [0.2, 0.25) is 0 Å². The molecule has 0 spiro atoms. The number of aryl methyl sites for hydroxylation is 1. The molecule has 2 atom stereocenters. The number of hydrogen-bond donors (Lipinski definition) is 2. The van der Waals surface area contributed by atoms with Crippen LogP contribution in [0.4, 0.5) is 0 Å². The van der Waals surface area contributed by atoms with Gasteiger partial charge in [0.2, 0.25) is 5.91 Å². The maximum atomic E-state index is 13.4. The maximum Gasteiger partial charge on any atom is 0.328 e. The van der Waals surface area contributed by atoms with E-state index < -0.39 is 12.0 Å². The largest absolute Gasteiger partial charge is 0.467 e. The molecule has 4 rings (SSSR count). The Balaban J connectivity index is 1.60. The molecule has 0 bridgehead atoms. The molecule has 0 saturated heterocycles. The van der Waals surface area contributed by atoms with Crippen LogP contribution in [0.1, 0.15) is 59.9 Å². The molecule has 2 aromatic carbocycles. The first-order chi connectivity index (χ1) is 16.3. The van der Waals surface area contributed by atoms with Gasteiger partial charge in [-0.1, -0.05) is 50.2 Å². The second kappa shape index (κ2) is 9.71. The van der Waals surface area contributed by atoms with Gasteiger partial charge >= 0.3 is 5.97 Å². The Labute approximate surface area is 199 Å². The van der Waals surface area contributed by atoms with Gasteiger partial charge in [0, 0.05) is 40.7 Å². The Hall–Kier alpha value is -3.61. The summed E-state index contributed by atoms with van der Waals surface area (Å²) in [5, 5.41) is 3.85. The van der Waals surface area contributed by atoms with Gasteiger partial charge in [-0.05, 0) is 37.0 Å². The van der Waals surface area contributed by atoms with Gasteiger partial charge in [-0.3, -0.25) is 9.59 Å². The second-order valence-electron chi connectivity index (χ2n) is 9.22. The lowest BCUT2D eigenvalue weighted by Gasteiger charge is -2.26. The molecule has 7 nitrogen and oxygen atoms in total. The van der Waals surface area contributed by atoms with E-state index in [1.54, 1.807) is 4.90 Å². The van der Waals surface area contributed by atoms with Gasteiger partial charge in [-0.2, -0.15) is 0 Å². The normalized spacial score (nSPS) is 16.1. The van der Waals surface area contributed by atoms with Crippen molar-refractivity contribution in [1.29, 1.82) is 0 Å². The van der Waals surface area contributed by atoms with Crippen LogP contribution in [0, 0.1) is 12.8 Å². The second-order valence-corrected chi connectivity index (χ2v) is 9.22. The van der Waals surface area contributed by atoms with Crippen LogP contribution in [-0.4, -0.2) is 47.4 Å². The van der Waals surface area contributed by atoms with Crippen LogP contribution in [-0.2, 0) is 14.3 Å². The molecule has 1 aromatic heterocycles. The minimum Gasteiger partial charge on any atom is -0.467 e. The van der Waals surface area contributed by atoms with E-state index in [1.165, 1.54) is 7.11 Å². The number of hydrogen-bond acceptors (Lipinski definition) is 4. The number of amides is 2. The van der Waals surface area contributed by atoms with Crippen LogP contribution in [0.15, 0.2) is 48.5 Å². The number of aromatic amines is 1. The van der Waals surface area contributed by atoms with Crippen LogP contribution >= 0.6 is 0 Å². The Kier molecular flexibility index (Phi) is 6.72. The van der Waals surface area contributed by atoms with E-state index in [4.69, 9.17) is 4.74 Å². The molecular weight excluding hydrogens is 430 g/mol. The first kappa shape index (κ1) is 23.5. The zero-order valence-corrected chi connectivity index (χ0v) is 20.1. The van der Waals surface area contributed by atoms with Crippen LogP contribution in [0.5, 0.6) is 0 Å². The summed E-state index contributed by atoms with van der Waals surface area (Å²) in [5.41, 5.74) is 4.64. The Morgan fingerprint density at radius 2 is 1.82 bits per heavy atom. The molecule has 0 unspecified atom stereocenters. The zero-order chi connectivity index (χ0) is 24.4. The smallest absolute Gasteiger partial charge is 0.328 e. The Bertz CT molecular complexity index is 1230. The van der Waals surface area contributed by atoms with E-state index in [-0.39, 0.29) is 36.7 Å². The van der Waals surface area contributed by atoms with Gasteiger partial charge < -0.3 is 19.9 Å². The van der Waals surface area contributed by atoms with E-state index >= 15 is 0 Å². The molecule has 178 valence electrons. The summed E-state index contributed by atoms with van der Waals surface area (Å²) in [7, 11) is 1.32. The number of esters is 1. The van der Waals surface area contributed by atoms with Gasteiger partial charge in [0.05, 0.1) is 13.2 Å². The first-order valence-electron chi connectivity index (χ1n) is 11.7. The fraction of sp³-hybridized carbons (Fsp3) is 0.370. The summed E-state index contributed by atoms with van der Waals surface area (Å²) >= 11 is 0. The number of carbonyl (C=O) groups excluding carboxylic acids is 3. The predicted molar refractivity (Wildman–Crippen MR) is 130 cm³/mol. The zero-order valence-electron chi connectivity index (χ0n) is 20.1. The molecule has 0 saturated carbocycles. The number of fused-ring (bicyclic) bond motifs is 2. The van der Waals surface area contributed by atoms with E-state index in [9.17, 15) is 14.4 Å². The van der Waals surface area contributed by atoms with E-state index in [2.05, 4.69) is 16.4 Å². The van der Waals surface area contributed by atoms with Crippen LogP contribution in [0.3, 0.4) is 0 Å². The molecule has 0 radical (unpaired) electrons. The van der Waals surface area contributed by atoms with E-state index in [0.29, 0.717) is 12.0 Å². The third-order valence-corrected chi connectivity index (χ3v) is 6.38. The number of para-hydroxylation sites is 1. The van der Waals surface area contributed by atoms with Gasteiger partial charge in [-0.15, -0.1) is 0 Å². The Morgan fingerprint density at radius 3 is 2.56 bits per heavy atom. The number of rotatable bonds is 8. The molecule has 3 aromatic rings. The average Bonchev–Trinajstić information content (AvgIpc) is 3.29. The lowest BCUT2D eigenvalue weighted by Crippen LogP contribution is -2.43. The van der Waals surface area contributed by atoms with Gasteiger partial charge in [0.15, 0.2) is 0 Å². The topological polar surface area (TPSA) is 91.5 Å². The van der Waals surface area contributed by atoms with Crippen molar-refractivity contribution in [3.05, 3.63) is 70.9 Å². The van der Waals surface area contributed by atoms with E-state index in [1.807, 2.05) is 63.2 Å². The standard InChI is InChI=1S/C27H31N3O4/c1-16(2)15-22(27(33)34-4)29-23(31)13-14-30-25(18-9-5-6-10-19(18)26(30)32)24-17(3)28-21-12-8-7-11-20(21)24/h5-12,16,22,25,28H,13-15H2,1-4H3,(H,29,31)/t22-,25-/m1/s1. The maximum absolute atomic E-state index is 13.4. The van der Waals surface area contributed by atoms with Gasteiger partial charge in [0.1, 0.15) is 6.04 Å². The monoisotopic (exact) mass is 461 g/mol. The predicted octanol–water partition coefficient (Wildman–Crippen LogP) is 4.12. The third kappa shape index (κ3) is 4.42. The lowest BCUT2D eigenvalue weighted by atomic mass is 9.95. The number of H-pyrrole nitrogens is 1. The SMILES string of the molecule is COC(=O)[C@@H](CC(C)C)NC(=O)CCN1C(=O)c2ccccc2[C@@H]1c1c(C)[nH]c2ccccc12. The summed E-state index contributed by atoms with van der Waals surface area (Å²) < 4.78 is 4.85. The fourth-order valence-electron chi connectivity index (χ4n) is 4.88. The number of ether oxygens (including phenoxy) is 1. The summed E-state index contributed by atoms with van der Waals surface area (Å²) in [5.74, 6) is -0.619. The molecular formula is C27H31N3O4.